The van der Waals surface area contributed by atoms with Crippen LogP contribution in [0.1, 0.15) is 13.8 Å². The summed E-state index contributed by atoms with van der Waals surface area (Å²) < 4.78 is 0. The Hall–Kier alpha value is -2.02. The first-order chi connectivity index (χ1) is 10.7. The molecule has 0 nitrogen and oxygen atoms in total. The quantitative estimate of drug-likeness (QED) is 0.449. The molecule has 0 fully saturated rings. The van der Waals surface area contributed by atoms with Gasteiger partial charge in [0, 0.05) is 11.3 Å². The molecule has 0 aromatic rings. The first-order valence-corrected chi connectivity index (χ1v) is 8.17. The third kappa shape index (κ3) is 1.49. The monoisotopic (exact) mass is 281 g/mol. The fourth-order valence-electron chi connectivity index (χ4n) is 4.35. The van der Waals surface area contributed by atoms with Crippen molar-refractivity contribution >= 4 is 7.28 Å². The maximum atomic E-state index is 2.41. The largest absolute Gasteiger partial charge is 0.188 e. The Morgan fingerprint density at radius 2 is 1.77 bits per heavy atom. The van der Waals surface area contributed by atoms with Crippen LogP contribution in [0.2, 0.25) is 0 Å². The number of allylic oxidation sites excluding steroid dienone is 16. The Labute approximate surface area is 132 Å². The lowest BCUT2D eigenvalue weighted by molar-refractivity contribution is 0.658. The van der Waals surface area contributed by atoms with E-state index in [1.165, 1.54) is 27.7 Å². The zero-order chi connectivity index (χ0) is 14.9. The van der Waals surface area contributed by atoms with Crippen LogP contribution in [0.5, 0.6) is 0 Å². The third-order valence-corrected chi connectivity index (χ3v) is 5.58. The smallest absolute Gasteiger partial charge is 0.0842 e. The third-order valence-electron chi connectivity index (χ3n) is 5.58. The van der Waals surface area contributed by atoms with Crippen molar-refractivity contribution in [3.63, 3.8) is 0 Å². The Balaban J connectivity index is 1.66. The van der Waals surface area contributed by atoms with Crippen LogP contribution in [0.25, 0.3) is 0 Å². The van der Waals surface area contributed by atoms with E-state index >= 15 is 0 Å². The Bertz CT molecular complexity index is 835. The van der Waals surface area contributed by atoms with E-state index in [4.69, 9.17) is 0 Å². The molecule has 5 aliphatic rings. The van der Waals surface area contributed by atoms with Crippen molar-refractivity contribution in [2.45, 2.75) is 13.8 Å². The fourth-order valence-corrected chi connectivity index (χ4v) is 4.35. The van der Waals surface area contributed by atoms with E-state index < -0.39 is 0 Å². The summed E-state index contributed by atoms with van der Waals surface area (Å²) in [6.45, 7) is 4.57. The van der Waals surface area contributed by atoms with Gasteiger partial charge in [-0.25, -0.2) is 0 Å². The Morgan fingerprint density at radius 1 is 0.909 bits per heavy atom. The van der Waals surface area contributed by atoms with Crippen LogP contribution < -0.4 is 0 Å². The summed E-state index contributed by atoms with van der Waals surface area (Å²) in [5, 5.41) is 0. The minimum absolute atomic E-state index is 0.126. The first-order valence-electron chi connectivity index (χ1n) is 8.17. The van der Waals surface area contributed by atoms with E-state index in [-0.39, 0.29) is 5.41 Å². The van der Waals surface area contributed by atoms with Gasteiger partial charge < -0.3 is 0 Å². The zero-order valence-corrected chi connectivity index (χ0v) is 13.0. The molecule has 22 heavy (non-hydrogen) atoms. The molecule has 105 valence electrons. The molecule has 1 radical (unpaired) electrons. The summed E-state index contributed by atoms with van der Waals surface area (Å²) in [5.74, 6) is 0.949. The van der Waals surface area contributed by atoms with Crippen molar-refractivity contribution in [3.8, 4) is 0 Å². The molecule has 3 atom stereocenters. The van der Waals surface area contributed by atoms with Crippen LogP contribution in [0, 0.1) is 17.3 Å². The standard InChI is InChI=1S/C21H18B/c1-13-3-6-15-16-7-5-14-9-11-21(2)12-10-17(19(14)21)20(16)22-18(15)8-4-13/h3-13,17H,1-2H3/t13-,17?,21-/m1/s1. The van der Waals surface area contributed by atoms with E-state index in [0.717, 1.165) is 0 Å². The number of rotatable bonds is 0. The molecule has 1 heterocycles. The van der Waals surface area contributed by atoms with E-state index in [9.17, 15) is 0 Å². The van der Waals surface area contributed by atoms with Crippen LogP contribution in [0.15, 0.2) is 94.0 Å². The highest BCUT2D eigenvalue weighted by Gasteiger charge is 2.42. The zero-order valence-electron chi connectivity index (χ0n) is 13.0. The number of hydrogen-bond acceptors (Lipinski definition) is 0. The normalized spacial score (nSPS) is 36.6. The summed E-state index contributed by atoms with van der Waals surface area (Å²) in [6.07, 6.45) is 23.3. The Kier molecular flexibility index (Phi) is 2.30. The molecule has 0 aromatic carbocycles. The molecule has 1 aliphatic heterocycles. The van der Waals surface area contributed by atoms with Crippen molar-refractivity contribution in [2.75, 3.05) is 0 Å². The molecule has 5 rings (SSSR count). The molecular weight excluding hydrogens is 263 g/mol. The molecule has 0 amide bonds. The van der Waals surface area contributed by atoms with E-state index in [1.807, 2.05) is 0 Å². The molecule has 0 aromatic heterocycles. The van der Waals surface area contributed by atoms with Gasteiger partial charge in [-0.15, -0.1) is 0 Å². The van der Waals surface area contributed by atoms with E-state index in [2.05, 4.69) is 81.9 Å². The van der Waals surface area contributed by atoms with Crippen LogP contribution in [0.4, 0.5) is 0 Å². The van der Waals surface area contributed by atoms with Gasteiger partial charge >= 0.3 is 0 Å². The average Bonchev–Trinajstić information content (AvgIpc) is 3.02. The van der Waals surface area contributed by atoms with Gasteiger partial charge in [0.15, 0.2) is 7.28 Å². The highest BCUT2D eigenvalue weighted by Crippen LogP contribution is 2.53. The van der Waals surface area contributed by atoms with Crippen LogP contribution in [-0.4, -0.2) is 7.28 Å². The van der Waals surface area contributed by atoms with Crippen molar-refractivity contribution < 1.29 is 0 Å². The molecule has 1 unspecified atom stereocenters. The van der Waals surface area contributed by atoms with E-state index in [1.54, 1.807) is 5.57 Å². The highest BCUT2D eigenvalue weighted by atomic mass is 14.4. The van der Waals surface area contributed by atoms with Gasteiger partial charge in [-0.2, -0.15) is 0 Å². The molecule has 0 spiro atoms. The van der Waals surface area contributed by atoms with Gasteiger partial charge in [0.05, 0.1) is 0 Å². The minimum atomic E-state index is 0.126. The molecule has 0 bridgehead atoms. The molecule has 0 N–H and O–H groups in total. The highest BCUT2D eigenvalue weighted by molar-refractivity contribution is 6.58. The molecule has 4 aliphatic carbocycles. The van der Waals surface area contributed by atoms with Gasteiger partial charge in [0.2, 0.25) is 0 Å². The second-order valence-electron chi connectivity index (χ2n) is 7.11. The van der Waals surface area contributed by atoms with Gasteiger partial charge in [0.1, 0.15) is 0 Å². The summed E-state index contributed by atoms with van der Waals surface area (Å²) >= 11 is 0. The lowest BCUT2D eigenvalue weighted by Crippen LogP contribution is -2.15. The summed E-state index contributed by atoms with van der Waals surface area (Å²) in [6, 6.07) is 0. The maximum absolute atomic E-state index is 2.41. The van der Waals surface area contributed by atoms with Crippen molar-refractivity contribution in [3.05, 3.63) is 94.0 Å². The molecule has 1 heteroatoms. The van der Waals surface area contributed by atoms with Crippen molar-refractivity contribution in [2.24, 2.45) is 17.3 Å². The topological polar surface area (TPSA) is 0 Å². The lowest BCUT2D eigenvalue weighted by atomic mass is 9.59. The van der Waals surface area contributed by atoms with Crippen molar-refractivity contribution in [1.29, 1.82) is 0 Å². The summed E-state index contributed by atoms with van der Waals surface area (Å²) in [5.41, 5.74) is 8.73. The van der Waals surface area contributed by atoms with Crippen LogP contribution in [-0.2, 0) is 0 Å². The molecule has 0 saturated carbocycles. The first kappa shape index (κ1) is 12.5. The maximum Gasteiger partial charge on any atom is 0.188 e. The summed E-state index contributed by atoms with van der Waals surface area (Å²) in [7, 11) is 2.41. The molecule has 0 saturated heterocycles. The van der Waals surface area contributed by atoms with Crippen LogP contribution in [0.3, 0.4) is 0 Å². The van der Waals surface area contributed by atoms with Gasteiger partial charge in [0.25, 0.3) is 0 Å². The predicted molar refractivity (Wildman–Crippen MR) is 93.3 cm³/mol. The predicted octanol–water partition coefficient (Wildman–Crippen LogP) is 4.60. The SMILES string of the molecule is C[C@H]1C=CC2=C(C=C1)C1=C([B]2)C2C=C[C@@]3(C)C=CC(=C23)C=C1. The Morgan fingerprint density at radius 3 is 2.68 bits per heavy atom. The second kappa shape index (κ2) is 4.04. The molecular formula is C21H18B. The number of fused-ring (bicyclic) bond motifs is 2. The van der Waals surface area contributed by atoms with Crippen molar-refractivity contribution in [1.82, 2.24) is 0 Å². The minimum Gasteiger partial charge on any atom is -0.0842 e. The van der Waals surface area contributed by atoms with E-state index in [0.29, 0.717) is 11.8 Å². The number of hydrogen-bond donors (Lipinski definition) is 0. The van der Waals surface area contributed by atoms with Gasteiger partial charge in [-0.05, 0) is 35.1 Å². The summed E-state index contributed by atoms with van der Waals surface area (Å²) in [4.78, 5) is 0. The lowest BCUT2D eigenvalue weighted by Gasteiger charge is -2.23. The second-order valence-corrected chi connectivity index (χ2v) is 7.11. The van der Waals surface area contributed by atoms with Gasteiger partial charge in [-0.3, -0.25) is 0 Å². The van der Waals surface area contributed by atoms with Crippen LogP contribution >= 0.6 is 0 Å². The van der Waals surface area contributed by atoms with Gasteiger partial charge in [-0.1, -0.05) is 78.6 Å². The average molecular weight is 281 g/mol. The fraction of sp³-hybridized carbons (Fsp3) is 0.238.